The molecule has 1 N–H and O–H groups in total. The van der Waals surface area contributed by atoms with E-state index in [4.69, 9.17) is 0 Å². The van der Waals surface area contributed by atoms with E-state index in [1.54, 1.807) is 19.2 Å². The van der Waals surface area contributed by atoms with Crippen LogP contribution in [0.5, 0.6) is 0 Å². The van der Waals surface area contributed by atoms with E-state index in [0.29, 0.717) is 15.6 Å². The predicted molar refractivity (Wildman–Crippen MR) is 75.5 cm³/mol. The number of nitrogens with zero attached hydrogens (tertiary/aromatic N) is 3. The van der Waals surface area contributed by atoms with Crippen LogP contribution in [0.25, 0.3) is 0 Å². The van der Waals surface area contributed by atoms with Crippen molar-refractivity contribution in [2.45, 2.75) is 6.92 Å². The molecule has 0 saturated carbocycles. The molecule has 0 aliphatic heterocycles. The first-order valence-electron chi connectivity index (χ1n) is 5.50. The number of hydrogen-bond acceptors (Lipinski definition) is 5. The number of nitro groups is 1. The molecule has 20 heavy (non-hydrogen) atoms. The van der Waals surface area contributed by atoms with E-state index in [1.807, 2.05) is 0 Å². The Morgan fingerprint density at radius 1 is 1.35 bits per heavy atom. The first-order valence-corrected chi connectivity index (χ1v) is 6.29. The second-order valence-electron chi connectivity index (χ2n) is 3.96. The maximum Gasteiger partial charge on any atom is 0.287 e. The summed E-state index contributed by atoms with van der Waals surface area (Å²) in [5, 5.41) is 13.2. The third-order valence-corrected chi connectivity index (χ3v) is 2.91. The van der Waals surface area contributed by atoms with Crippen molar-refractivity contribution in [3.05, 3.63) is 56.4 Å². The van der Waals surface area contributed by atoms with Crippen LogP contribution in [0.1, 0.15) is 15.9 Å². The third-order valence-electron chi connectivity index (χ3n) is 2.47. The molecule has 2 aromatic heterocycles. The summed E-state index contributed by atoms with van der Waals surface area (Å²) in [7, 11) is 0. The zero-order valence-electron chi connectivity index (χ0n) is 10.3. The Morgan fingerprint density at radius 3 is 2.70 bits per heavy atom. The molecule has 0 saturated heterocycles. The van der Waals surface area contributed by atoms with Crippen LogP contribution < -0.4 is 5.32 Å². The first kappa shape index (κ1) is 14.1. The van der Waals surface area contributed by atoms with E-state index in [0.717, 1.165) is 6.20 Å². The van der Waals surface area contributed by atoms with Crippen LogP contribution >= 0.6 is 15.9 Å². The highest BCUT2D eigenvalue weighted by Gasteiger charge is 2.13. The van der Waals surface area contributed by atoms with Crippen molar-refractivity contribution in [1.82, 2.24) is 9.97 Å². The van der Waals surface area contributed by atoms with Gasteiger partial charge in [-0.05, 0) is 34.5 Å². The summed E-state index contributed by atoms with van der Waals surface area (Å²) < 4.78 is 0.679. The van der Waals surface area contributed by atoms with Crippen LogP contribution in [0.4, 0.5) is 11.5 Å². The lowest BCUT2D eigenvalue weighted by Gasteiger charge is -2.07. The third kappa shape index (κ3) is 3.15. The van der Waals surface area contributed by atoms with Crippen molar-refractivity contribution < 1.29 is 9.72 Å². The normalized spacial score (nSPS) is 10.1. The Balaban J connectivity index is 2.22. The number of amides is 1. The highest BCUT2D eigenvalue weighted by Crippen LogP contribution is 2.19. The van der Waals surface area contributed by atoms with E-state index in [-0.39, 0.29) is 17.4 Å². The van der Waals surface area contributed by atoms with Crippen LogP contribution in [-0.2, 0) is 0 Å². The molecule has 0 aromatic carbocycles. The minimum Gasteiger partial charge on any atom is -0.306 e. The molecule has 1 amide bonds. The average molecular weight is 337 g/mol. The molecule has 0 unspecified atom stereocenters. The summed E-state index contributed by atoms with van der Waals surface area (Å²) >= 11 is 3.22. The van der Waals surface area contributed by atoms with Crippen molar-refractivity contribution in [1.29, 1.82) is 0 Å². The molecule has 2 rings (SSSR count). The molecular formula is C12H9BrN4O3. The van der Waals surface area contributed by atoms with E-state index >= 15 is 0 Å². The quantitative estimate of drug-likeness (QED) is 0.686. The Morgan fingerprint density at radius 2 is 2.10 bits per heavy atom. The van der Waals surface area contributed by atoms with E-state index in [9.17, 15) is 14.9 Å². The largest absolute Gasteiger partial charge is 0.306 e. The number of aromatic nitrogens is 2. The summed E-state index contributed by atoms with van der Waals surface area (Å²) in [6.07, 6.45) is 4.08. The summed E-state index contributed by atoms with van der Waals surface area (Å²) in [5.41, 5.74) is 0.749. The van der Waals surface area contributed by atoms with Gasteiger partial charge in [-0.3, -0.25) is 19.9 Å². The van der Waals surface area contributed by atoms with Crippen LogP contribution in [0, 0.1) is 17.0 Å². The van der Waals surface area contributed by atoms with Gasteiger partial charge >= 0.3 is 0 Å². The van der Waals surface area contributed by atoms with Crippen molar-refractivity contribution in [3.63, 3.8) is 0 Å². The van der Waals surface area contributed by atoms with Crippen molar-refractivity contribution in [2.75, 3.05) is 5.32 Å². The zero-order chi connectivity index (χ0) is 14.7. The molecular weight excluding hydrogens is 328 g/mol. The standard InChI is InChI=1S/C12H9BrN4O3/c1-7-2-10(17(19)20)6-15-11(7)16-12(18)8-3-9(13)5-14-4-8/h2-6H,1H3,(H,15,16,18). The van der Waals surface area contributed by atoms with Gasteiger partial charge in [0.25, 0.3) is 11.6 Å². The Hall–Kier alpha value is -2.35. The molecule has 102 valence electrons. The molecule has 0 aliphatic carbocycles. The smallest absolute Gasteiger partial charge is 0.287 e. The highest BCUT2D eigenvalue weighted by atomic mass is 79.9. The van der Waals surface area contributed by atoms with Gasteiger partial charge in [-0.1, -0.05) is 0 Å². The number of hydrogen-bond donors (Lipinski definition) is 1. The fourth-order valence-corrected chi connectivity index (χ4v) is 1.87. The van der Waals surface area contributed by atoms with Gasteiger partial charge in [0.15, 0.2) is 0 Å². The number of aryl methyl sites for hydroxylation is 1. The lowest BCUT2D eigenvalue weighted by atomic mass is 10.2. The first-order chi connectivity index (χ1) is 9.47. The van der Waals surface area contributed by atoms with Crippen LogP contribution in [-0.4, -0.2) is 20.8 Å². The zero-order valence-corrected chi connectivity index (χ0v) is 11.9. The Bertz CT molecular complexity index is 690. The Labute approximate surface area is 122 Å². The summed E-state index contributed by atoms with van der Waals surface area (Å²) in [6, 6.07) is 2.96. The van der Waals surface area contributed by atoms with Gasteiger partial charge in [0.1, 0.15) is 12.0 Å². The van der Waals surface area contributed by atoms with Crippen LogP contribution in [0.3, 0.4) is 0 Å². The maximum absolute atomic E-state index is 12.0. The lowest BCUT2D eigenvalue weighted by molar-refractivity contribution is -0.385. The van der Waals surface area contributed by atoms with E-state index in [2.05, 4.69) is 31.2 Å². The molecule has 0 spiro atoms. The van der Waals surface area contributed by atoms with Gasteiger partial charge in [0.2, 0.25) is 0 Å². The second kappa shape index (κ2) is 5.74. The fourth-order valence-electron chi connectivity index (χ4n) is 1.51. The number of carbonyl (C=O) groups is 1. The maximum atomic E-state index is 12.0. The van der Waals surface area contributed by atoms with Crippen molar-refractivity contribution in [2.24, 2.45) is 0 Å². The molecule has 7 nitrogen and oxygen atoms in total. The SMILES string of the molecule is Cc1cc([N+](=O)[O-])cnc1NC(=O)c1cncc(Br)c1. The summed E-state index contributed by atoms with van der Waals surface area (Å²) in [4.78, 5) is 29.8. The molecule has 0 bridgehead atoms. The highest BCUT2D eigenvalue weighted by molar-refractivity contribution is 9.10. The lowest BCUT2D eigenvalue weighted by Crippen LogP contribution is -2.14. The minimum absolute atomic E-state index is 0.121. The van der Waals surface area contributed by atoms with Gasteiger partial charge in [0, 0.05) is 22.9 Å². The van der Waals surface area contributed by atoms with Crippen molar-refractivity contribution in [3.8, 4) is 0 Å². The number of nitrogens with one attached hydrogen (secondary N) is 1. The molecule has 0 aliphatic rings. The van der Waals surface area contributed by atoms with Gasteiger partial charge in [-0.25, -0.2) is 4.98 Å². The number of anilines is 1. The van der Waals surface area contributed by atoms with Gasteiger partial charge < -0.3 is 5.32 Å². The van der Waals surface area contributed by atoms with E-state index in [1.165, 1.54) is 12.3 Å². The monoisotopic (exact) mass is 336 g/mol. The molecule has 0 fully saturated rings. The van der Waals surface area contributed by atoms with Crippen molar-refractivity contribution >= 4 is 33.3 Å². The molecule has 8 heteroatoms. The van der Waals surface area contributed by atoms with E-state index < -0.39 is 4.92 Å². The van der Waals surface area contributed by atoms with Gasteiger partial charge in [-0.2, -0.15) is 0 Å². The second-order valence-corrected chi connectivity index (χ2v) is 4.88. The number of rotatable bonds is 3. The van der Waals surface area contributed by atoms with Crippen LogP contribution in [0.15, 0.2) is 35.2 Å². The predicted octanol–water partition coefficient (Wildman–Crippen LogP) is 2.71. The molecule has 2 heterocycles. The number of carbonyl (C=O) groups excluding carboxylic acids is 1. The summed E-state index contributed by atoms with van der Waals surface area (Å²) in [5.74, 6) is -0.108. The number of halogens is 1. The minimum atomic E-state index is -0.538. The molecule has 0 radical (unpaired) electrons. The fraction of sp³-hybridized carbons (Fsp3) is 0.0833. The van der Waals surface area contributed by atoms with Crippen LogP contribution in [0.2, 0.25) is 0 Å². The average Bonchev–Trinajstić information content (AvgIpc) is 2.40. The molecule has 0 atom stereocenters. The number of pyridine rings is 2. The molecule has 2 aromatic rings. The van der Waals surface area contributed by atoms with Gasteiger partial charge in [-0.15, -0.1) is 0 Å². The topological polar surface area (TPSA) is 98.0 Å². The Kier molecular flexibility index (Phi) is 4.04. The summed E-state index contributed by atoms with van der Waals surface area (Å²) in [6.45, 7) is 1.63. The van der Waals surface area contributed by atoms with Gasteiger partial charge in [0.05, 0.1) is 10.5 Å².